The van der Waals surface area contributed by atoms with Crippen molar-refractivity contribution in [2.75, 3.05) is 13.1 Å². The van der Waals surface area contributed by atoms with Crippen molar-refractivity contribution in [1.29, 1.82) is 0 Å². The van der Waals surface area contributed by atoms with Crippen LogP contribution in [0.4, 0.5) is 0 Å². The fourth-order valence-corrected chi connectivity index (χ4v) is 3.66. The van der Waals surface area contributed by atoms with E-state index in [0.29, 0.717) is 25.3 Å². The SMILES string of the molecule is Cc1cc(C2CCN(S(N)(=O)=O)C2)cc(C)c1OC(C)(C)C(=O)O. The van der Waals surface area contributed by atoms with Gasteiger partial charge in [-0.15, -0.1) is 0 Å². The molecule has 1 unspecified atom stereocenters. The van der Waals surface area contributed by atoms with Gasteiger partial charge in [-0.05, 0) is 56.7 Å². The van der Waals surface area contributed by atoms with Crippen molar-refractivity contribution in [2.24, 2.45) is 5.14 Å². The number of aryl methyl sites for hydroxylation is 2. The van der Waals surface area contributed by atoms with Gasteiger partial charge in [0.05, 0.1) is 0 Å². The molecule has 1 saturated heterocycles. The van der Waals surface area contributed by atoms with E-state index in [2.05, 4.69) is 0 Å². The van der Waals surface area contributed by atoms with E-state index in [1.54, 1.807) is 0 Å². The lowest BCUT2D eigenvalue weighted by atomic mass is 9.94. The van der Waals surface area contributed by atoms with E-state index in [9.17, 15) is 18.3 Å². The van der Waals surface area contributed by atoms with E-state index >= 15 is 0 Å². The molecule has 0 amide bonds. The smallest absolute Gasteiger partial charge is 0.347 e. The highest BCUT2D eigenvalue weighted by Gasteiger charge is 2.32. The van der Waals surface area contributed by atoms with Crippen molar-refractivity contribution in [3.63, 3.8) is 0 Å². The minimum absolute atomic E-state index is 0.0715. The first-order chi connectivity index (χ1) is 10.9. The van der Waals surface area contributed by atoms with Gasteiger partial charge >= 0.3 is 5.97 Å². The van der Waals surface area contributed by atoms with Gasteiger partial charge in [-0.25, -0.2) is 9.93 Å². The molecule has 7 nitrogen and oxygen atoms in total. The molecule has 24 heavy (non-hydrogen) atoms. The zero-order valence-electron chi connectivity index (χ0n) is 14.4. The number of nitrogens with zero attached hydrogens (tertiary/aromatic N) is 1. The molecule has 1 aromatic rings. The Kier molecular flexibility index (Phi) is 4.94. The van der Waals surface area contributed by atoms with Crippen molar-refractivity contribution >= 4 is 16.2 Å². The second kappa shape index (κ2) is 6.34. The standard InChI is InChI=1S/C16H24N2O5S/c1-10-7-13(12-5-6-18(9-12)24(17,21)22)8-11(2)14(10)23-16(3,4)15(19)20/h7-8,12H,5-6,9H2,1-4H3,(H,19,20)(H2,17,21,22). The summed E-state index contributed by atoms with van der Waals surface area (Å²) < 4.78 is 29.9. The van der Waals surface area contributed by atoms with Gasteiger partial charge in [-0.1, -0.05) is 12.1 Å². The van der Waals surface area contributed by atoms with Crippen molar-refractivity contribution in [1.82, 2.24) is 4.31 Å². The van der Waals surface area contributed by atoms with Crippen molar-refractivity contribution in [3.8, 4) is 5.75 Å². The average molecular weight is 356 g/mol. The topological polar surface area (TPSA) is 110 Å². The second-order valence-corrected chi connectivity index (χ2v) is 8.34. The monoisotopic (exact) mass is 356 g/mol. The lowest BCUT2D eigenvalue weighted by Gasteiger charge is -2.25. The van der Waals surface area contributed by atoms with Gasteiger partial charge in [0.15, 0.2) is 5.60 Å². The molecule has 0 aliphatic carbocycles. The number of nitrogens with two attached hydrogens (primary N) is 1. The Morgan fingerprint density at radius 2 is 1.88 bits per heavy atom. The van der Waals surface area contributed by atoms with Crippen LogP contribution in [0.15, 0.2) is 12.1 Å². The Bertz CT molecular complexity index is 735. The summed E-state index contributed by atoms with van der Waals surface area (Å²) in [6, 6.07) is 3.86. The van der Waals surface area contributed by atoms with E-state index in [-0.39, 0.29) is 5.92 Å². The van der Waals surface area contributed by atoms with Crippen LogP contribution in [0.2, 0.25) is 0 Å². The quantitative estimate of drug-likeness (QED) is 0.831. The summed E-state index contributed by atoms with van der Waals surface area (Å²) in [5.41, 5.74) is 1.34. The predicted molar refractivity (Wildman–Crippen MR) is 90.3 cm³/mol. The normalized spacial score (nSPS) is 19.5. The third-order valence-electron chi connectivity index (χ3n) is 4.34. The summed E-state index contributed by atoms with van der Waals surface area (Å²) in [6.45, 7) is 7.49. The van der Waals surface area contributed by atoms with Crippen LogP contribution in [0.3, 0.4) is 0 Å². The van der Waals surface area contributed by atoms with Crippen molar-refractivity contribution < 1.29 is 23.1 Å². The number of ether oxygens (including phenoxy) is 1. The molecular weight excluding hydrogens is 332 g/mol. The molecule has 1 fully saturated rings. The van der Waals surface area contributed by atoms with E-state index in [4.69, 9.17) is 9.88 Å². The van der Waals surface area contributed by atoms with Gasteiger partial charge in [0.25, 0.3) is 10.2 Å². The summed E-state index contributed by atoms with van der Waals surface area (Å²) in [4.78, 5) is 11.3. The molecule has 0 bridgehead atoms. The maximum atomic E-state index is 11.4. The molecule has 1 aliphatic heterocycles. The van der Waals surface area contributed by atoms with Crippen LogP contribution in [0.5, 0.6) is 5.75 Å². The highest BCUT2D eigenvalue weighted by molar-refractivity contribution is 7.86. The first-order valence-electron chi connectivity index (χ1n) is 7.73. The van der Waals surface area contributed by atoms with Crippen LogP contribution in [0.25, 0.3) is 0 Å². The first kappa shape index (κ1) is 18.7. The number of hydrogen-bond acceptors (Lipinski definition) is 4. The van der Waals surface area contributed by atoms with Gasteiger partial charge in [0.1, 0.15) is 5.75 Å². The molecule has 1 aliphatic rings. The van der Waals surface area contributed by atoms with E-state index in [1.807, 2.05) is 26.0 Å². The van der Waals surface area contributed by atoms with Gasteiger partial charge < -0.3 is 9.84 Å². The molecule has 8 heteroatoms. The number of carboxylic acid groups (broad SMARTS) is 1. The molecule has 3 N–H and O–H groups in total. The summed E-state index contributed by atoms with van der Waals surface area (Å²) in [5.74, 6) is -0.417. The Hall–Kier alpha value is -1.64. The summed E-state index contributed by atoms with van der Waals surface area (Å²) in [5, 5.41) is 14.4. The molecule has 134 valence electrons. The van der Waals surface area contributed by atoms with Crippen LogP contribution >= 0.6 is 0 Å². The minimum atomic E-state index is -3.66. The van der Waals surface area contributed by atoms with Gasteiger partial charge in [0.2, 0.25) is 0 Å². The van der Waals surface area contributed by atoms with E-state index < -0.39 is 21.8 Å². The van der Waals surface area contributed by atoms with Crippen LogP contribution in [0.1, 0.15) is 42.9 Å². The highest BCUT2D eigenvalue weighted by Crippen LogP contribution is 2.34. The second-order valence-electron chi connectivity index (χ2n) is 6.79. The zero-order chi connectivity index (χ0) is 18.3. The van der Waals surface area contributed by atoms with Crippen LogP contribution in [0, 0.1) is 13.8 Å². The van der Waals surface area contributed by atoms with Gasteiger partial charge in [-0.3, -0.25) is 0 Å². The largest absolute Gasteiger partial charge is 0.478 e. The zero-order valence-corrected chi connectivity index (χ0v) is 15.2. The predicted octanol–water partition coefficient (Wildman–Crippen LogP) is 1.54. The molecule has 1 atom stereocenters. The third-order valence-corrected chi connectivity index (χ3v) is 5.39. The Morgan fingerprint density at radius 3 is 2.29 bits per heavy atom. The number of benzene rings is 1. The molecule has 1 aromatic carbocycles. The maximum Gasteiger partial charge on any atom is 0.347 e. The molecule has 0 spiro atoms. The van der Waals surface area contributed by atoms with Gasteiger partial charge in [-0.2, -0.15) is 12.7 Å². The summed E-state index contributed by atoms with van der Waals surface area (Å²) in [6.07, 6.45) is 0.704. The fourth-order valence-electron chi connectivity index (χ4n) is 2.91. The van der Waals surface area contributed by atoms with Crippen LogP contribution in [-0.2, 0) is 15.0 Å². The number of hydrogen-bond donors (Lipinski definition) is 2. The molecule has 0 saturated carbocycles. The fraction of sp³-hybridized carbons (Fsp3) is 0.562. The highest BCUT2D eigenvalue weighted by atomic mass is 32.2. The number of carboxylic acids is 1. The third kappa shape index (κ3) is 3.88. The van der Waals surface area contributed by atoms with Gasteiger partial charge in [0, 0.05) is 13.1 Å². The maximum absolute atomic E-state index is 11.4. The molecule has 1 heterocycles. The average Bonchev–Trinajstić information content (AvgIpc) is 2.92. The van der Waals surface area contributed by atoms with E-state index in [0.717, 1.165) is 16.7 Å². The molecule has 2 rings (SSSR count). The minimum Gasteiger partial charge on any atom is -0.478 e. The Labute approximate surface area is 142 Å². The Balaban J connectivity index is 2.26. The molecule has 0 radical (unpaired) electrons. The summed E-state index contributed by atoms with van der Waals surface area (Å²) in [7, 11) is -3.66. The number of aliphatic carboxylic acids is 1. The molecular formula is C16H24N2O5S. The molecule has 0 aromatic heterocycles. The number of carbonyl (C=O) groups is 1. The van der Waals surface area contributed by atoms with Crippen molar-refractivity contribution in [2.45, 2.75) is 45.6 Å². The Morgan fingerprint density at radius 1 is 1.33 bits per heavy atom. The van der Waals surface area contributed by atoms with E-state index in [1.165, 1.54) is 18.2 Å². The summed E-state index contributed by atoms with van der Waals surface area (Å²) >= 11 is 0. The van der Waals surface area contributed by atoms with Crippen molar-refractivity contribution in [3.05, 3.63) is 28.8 Å². The first-order valence-corrected chi connectivity index (χ1v) is 9.23. The number of rotatable bonds is 5. The lowest BCUT2D eigenvalue weighted by Crippen LogP contribution is -2.38. The lowest BCUT2D eigenvalue weighted by molar-refractivity contribution is -0.152. The van der Waals surface area contributed by atoms with Crippen LogP contribution < -0.4 is 9.88 Å². The van der Waals surface area contributed by atoms with Crippen LogP contribution in [-0.4, -0.2) is 42.5 Å².